The van der Waals surface area contributed by atoms with Gasteiger partial charge in [-0.1, -0.05) is 13.8 Å². The monoisotopic (exact) mass is 327 g/mol. The molecule has 3 heterocycles. The third-order valence-corrected chi connectivity index (χ3v) is 4.64. The molecule has 0 fully saturated rings. The van der Waals surface area contributed by atoms with Gasteiger partial charge in [-0.3, -0.25) is 14.0 Å². The first kappa shape index (κ1) is 15.6. The maximum atomic E-state index is 12.0. The van der Waals surface area contributed by atoms with Crippen LogP contribution in [-0.2, 0) is 12.8 Å². The summed E-state index contributed by atoms with van der Waals surface area (Å²) < 4.78 is 1.40. The van der Waals surface area contributed by atoms with Gasteiger partial charge in [0.05, 0.1) is 16.3 Å². The lowest BCUT2D eigenvalue weighted by Crippen LogP contribution is -2.18. The lowest BCUT2D eigenvalue weighted by molar-refractivity contribution is 0.112. The number of rotatable bonds is 5. The van der Waals surface area contributed by atoms with Gasteiger partial charge in [-0.15, -0.1) is 11.3 Å². The number of aryl methyl sites for hydroxylation is 2. The Morgan fingerprint density at radius 1 is 1.35 bits per heavy atom. The molecule has 0 aliphatic heterocycles. The van der Waals surface area contributed by atoms with Crippen molar-refractivity contribution in [3.63, 3.8) is 0 Å². The molecule has 0 saturated carbocycles. The van der Waals surface area contributed by atoms with E-state index in [4.69, 9.17) is 0 Å². The number of carbonyl (C=O) groups is 1. The second kappa shape index (κ2) is 6.42. The second-order valence-corrected chi connectivity index (χ2v) is 6.66. The van der Waals surface area contributed by atoms with Gasteiger partial charge in [-0.05, 0) is 30.0 Å². The molecule has 118 valence electrons. The average Bonchev–Trinajstić information content (AvgIpc) is 3.02. The summed E-state index contributed by atoms with van der Waals surface area (Å²) >= 11 is 1.69. The van der Waals surface area contributed by atoms with Crippen molar-refractivity contribution < 1.29 is 4.79 Å². The highest BCUT2D eigenvalue weighted by atomic mass is 32.1. The van der Waals surface area contributed by atoms with Crippen LogP contribution in [0.15, 0.2) is 34.7 Å². The maximum Gasteiger partial charge on any atom is 0.268 e. The van der Waals surface area contributed by atoms with E-state index >= 15 is 0 Å². The minimum Gasteiger partial charge on any atom is -0.298 e. The Labute approximate surface area is 137 Å². The molecular formula is C17H17N3O2S. The van der Waals surface area contributed by atoms with Gasteiger partial charge in [0.25, 0.3) is 5.56 Å². The van der Waals surface area contributed by atoms with E-state index in [-0.39, 0.29) is 11.1 Å². The number of fused-ring (bicyclic) bond motifs is 1. The molecule has 0 unspecified atom stereocenters. The summed E-state index contributed by atoms with van der Waals surface area (Å²) in [6, 6.07) is 3.77. The number of pyridine rings is 1. The molecule has 5 nitrogen and oxygen atoms in total. The van der Waals surface area contributed by atoms with E-state index in [0.717, 1.165) is 29.1 Å². The summed E-state index contributed by atoms with van der Waals surface area (Å²) in [5, 5.41) is 3.23. The highest BCUT2D eigenvalue weighted by molar-refractivity contribution is 7.09. The Morgan fingerprint density at radius 3 is 2.87 bits per heavy atom. The van der Waals surface area contributed by atoms with E-state index in [9.17, 15) is 9.59 Å². The second-order valence-electron chi connectivity index (χ2n) is 5.72. The van der Waals surface area contributed by atoms with Crippen molar-refractivity contribution in [3.8, 4) is 0 Å². The molecule has 0 atom stereocenters. The smallest absolute Gasteiger partial charge is 0.268 e. The number of hydrogen-bond acceptors (Lipinski definition) is 5. The molecule has 0 amide bonds. The van der Waals surface area contributed by atoms with Crippen LogP contribution in [0, 0.1) is 0 Å². The molecule has 3 aromatic rings. The fourth-order valence-corrected chi connectivity index (χ4v) is 3.28. The molecule has 6 heteroatoms. The van der Waals surface area contributed by atoms with Crippen LogP contribution in [0.25, 0.3) is 5.65 Å². The van der Waals surface area contributed by atoms with Crippen LogP contribution in [0.2, 0.25) is 0 Å². The molecule has 0 aliphatic rings. The molecule has 0 spiro atoms. The predicted octanol–water partition coefficient (Wildman–Crippen LogP) is 2.87. The Balaban J connectivity index is 1.80. The van der Waals surface area contributed by atoms with Crippen molar-refractivity contribution >= 4 is 23.3 Å². The van der Waals surface area contributed by atoms with Crippen molar-refractivity contribution in [2.24, 2.45) is 0 Å². The first-order valence-corrected chi connectivity index (χ1v) is 8.36. The Hall–Kier alpha value is -2.34. The average molecular weight is 327 g/mol. The molecule has 0 bridgehead atoms. The van der Waals surface area contributed by atoms with Crippen molar-refractivity contribution in [3.05, 3.63) is 62.1 Å². The van der Waals surface area contributed by atoms with Gasteiger partial charge >= 0.3 is 0 Å². The summed E-state index contributed by atoms with van der Waals surface area (Å²) in [6.45, 7) is 4.28. The van der Waals surface area contributed by atoms with E-state index in [0.29, 0.717) is 17.9 Å². The number of hydrogen-bond donors (Lipinski definition) is 0. The molecule has 0 saturated heterocycles. The van der Waals surface area contributed by atoms with Crippen LogP contribution in [-0.4, -0.2) is 20.7 Å². The molecule has 0 aliphatic carbocycles. The van der Waals surface area contributed by atoms with Crippen molar-refractivity contribution in [1.29, 1.82) is 0 Å². The van der Waals surface area contributed by atoms with Gasteiger partial charge < -0.3 is 0 Å². The fourth-order valence-electron chi connectivity index (χ4n) is 2.32. The minimum absolute atomic E-state index is 0.0688. The van der Waals surface area contributed by atoms with Gasteiger partial charge in [0.2, 0.25) is 0 Å². The van der Waals surface area contributed by atoms with E-state index in [1.807, 2.05) is 12.1 Å². The summed E-state index contributed by atoms with van der Waals surface area (Å²) in [6.07, 6.45) is 5.24. The van der Waals surface area contributed by atoms with Crippen molar-refractivity contribution in [2.45, 2.75) is 32.6 Å². The summed E-state index contributed by atoms with van der Waals surface area (Å²) in [7, 11) is 0. The van der Waals surface area contributed by atoms with E-state index in [2.05, 4.69) is 29.2 Å². The minimum atomic E-state index is -0.335. The standard InChI is InChI=1S/C17H17N3O2S/c1-11(2)14-10-23-16(19-14)4-3-12-5-6-20-15(7-12)18-8-13(9-21)17(20)22/h5-11H,3-4H2,1-2H3. The van der Waals surface area contributed by atoms with Crippen molar-refractivity contribution in [2.75, 3.05) is 0 Å². The Morgan fingerprint density at radius 2 is 2.17 bits per heavy atom. The van der Waals surface area contributed by atoms with Crippen LogP contribution >= 0.6 is 11.3 Å². The van der Waals surface area contributed by atoms with Gasteiger partial charge in [-0.25, -0.2) is 9.97 Å². The van der Waals surface area contributed by atoms with Gasteiger partial charge in [0.15, 0.2) is 6.29 Å². The van der Waals surface area contributed by atoms with Gasteiger partial charge in [-0.2, -0.15) is 0 Å². The Kier molecular flexibility index (Phi) is 4.34. The van der Waals surface area contributed by atoms with Gasteiger partial charge in [0.1, 0.15) is 5.65 Å². The third-order valence-electron chi connectivity index (χ3n) is 3.72. The summed E-state index contributed by atoms with van der Waals surface area (Å²) in [5.74, 6) is 0.448. The molecule has 3 rings (SSSR count). The highest BCUT2D eigenvalue weighted by Crippen LogP contribution is 2.19. The van der Waals surface area contributed by atoms with Crippen LogP contribution < -0.4 is 5.56 Å². The maximum absolute atomic E-state index is 12.0. The van der Waals surface area contributed by atoms with Crippen LogP contribution in [0.3, 0.4) is 0 Å². The predicted molar refractivity (Wildman–Crippen MR) is 90.5 cm³/mol. The quantitative estimate of drug-likeness (QED) is 0.676. The lowest BCUT2D eigenvalue weighted by Gasteiger charge is -2.04. The molecule has 0 N–H and O–H groups in total. The van der Waals surface area contributed by atoms with Gasteiger partial charge in [0, 0.05) is 24.2 Å². The zero-order valence-corrected chi connectivity index (χ0v) is 13.8. The number of aromatic nitrogens is 3. The topological polar surface area (TPSA) is 64.3 Å². The molecule has 23 heavy (non-hydrogen) atoms. The lowest BCUT2D eigenvalue weighted by atomic mass is 10.1. The first-order valence-electron chi connectivity index (χ1n) is 7.48. The Bertz CT molecular complexity index is 912. The molecule has 0 radical (unpaired) electrons. The van der Waals surface area contributed by atoms with Crippen LogP contribution in [0.1, 0.15) is 46.4 Å². The van der Waals surface area contributed by atoms with E-state index < -0.39 is 0 Å². The van der Waals surface area contributed by atoms with E-state index in [1.165, 1.54) is 10.6 Å². The number of nitrogens with zero attached hydrogens (tertiary/aromatic N) is 3. The number of carbonyl (C=O) groups excluding carboxylic acids is 1. The molecular weight excluding hydrogens is 310 g/mol. The highest BCUT2D eigenvalue weighted by Gasteiger charge is 2.07. The number of aldehydes is 1. The molecule has 0 aromatic carbocycles. The fraction of sp³-hybridized carbons (Fsp3) is 0.294. The summed E-state index contributed by atoms with van der Waals surface area (Å²) in [5.41, 5.74) is 2.52. The van der Waals surface area contributed by atoms with Crippen LogP contribution in [0.4, 0.5) is 0 Å². The zero-order chi connectivity index (χ0) is 16.4. The first-order chi connectivity index (χ1) is 11.1. The number of thiazole rings is 1. The van der Waals surface area contributed by atoms with Crippen molar-refractivity contribution in [1.82, 2.24) is 14.4 Å². The largest absolute Gasteiger partial charge is 0.298 e. The molecule has 3 aromatic heterocycles. The van der Waals surface area contributed by atoms with Crippen LogP contribution in [0.5, 0.6) is 0 Å². The SMILES string of the molecule is CC(C)c1csc(CCc2ccn3c(=O)c(C=O)cnc3c2)n1. The zero-order valence-electron chi connectivity index (χ0n) is 13.0. The third kappa shape index (κ3) is 3.22. The normalized spacial score (nSPS) is 11.3. The summed E-state index contributed by atoms with van der Waals surface area (Å²) in [4.78, 5) is 31.6. The van der Waals surface area contributed by atoms with E-state index in [1.54, 1.807) is 17.5 Å².